The molecule has 0 aromatic heterocycles. The minimum atomic E-state index is -0.926. The Kier molecular flexibility index (Phi) is 5.09. The molecule has 0 radical (unpaired) electrons. The first-order valence-electron chi connectivity index (χ1n) is 5.93. The lowest BCUT2D eigenvalue weighted by Gasteiger charge is -2.20. The first kappa shape index (κ1) is 14.4. The lowest BCUT2D eigenvalue weighted by molar-refractivity contribution is -0.139. The van der Waals surface area contributed by atoms with Gasteiger partial charge in [-0.2, -0.15) is 0 Å². The van der Waals surface area contributed by atoms with Crippen molar-refractivity contribution in [2.24, 2.45) is 0 Å². The van der Waals surface area contributed by atoms with Crippen molar-refractivity contribution in [3.05, 3.63) is 29.6 Å². The highest BCUT2D eigenvalue weighted by Crippen LogP contribution is 2.25. The first-order chi connectivity index (χ1) is 8.45. The molecule has 1 rings (SSSR count). The molecular weight excluding hydrogens is 237 g/mol. The molecule has 0 saturated heterocycles. The van der Waals surface area contributed by atoms with Crippen LogP contribution in [-0.4, -0.2) is 22.2 Å². The SMILES string of the molecule is CCCC(NC(C)c1ccc(F)cc1O)C(=O)O. The van der Waals surface area contributed by atoms with Crippen molar-refractivity contribution in [3.8, 4) is 5.75 Å². The molecule has 18 heavy (non-hydrogen) atoms. The van der Waals surface area contributed by atoms with Gasteiger partial charge in [-0.15, -0.1) is 0 Å². The molecule has 0 bridgehead atoms. The van der Waals surface area contributed by atoms with Crippen molar-refractivity contribution in [1.29, 1.82) is 0 Å². The van der Waals surface area contributed by atoms with E-state index >= 15 is 0 Å². The summed E-state index contributed by atoms with van der Waals surface area (Å²) < 4.78 is 12.8. The van der Waals surface area contributed by atoms with Crippen LogP contribution < -0.4 is 5.32 Å². The highest BCUT2D eigenvalue weighted by molar-refractivity contribution is 5.73. The number of hydrogen-bond acceptors (Lipinski definition) is 3. The van der Waals surface area contributed by atoms with Gasteiger partial charge in [0.15, 0.2) is 0 Å². The summed E-state index contributed by atoms with van der Waals surface area (Å²) in [6, 6.07) is 2.67. The molecule has 1 aromatic carbocycles. The molecule has 0 aliphatic carbocycles. The third kappa shape index (κ3) is 3.70. The smallest absolute Gasteiger partial charge is 0.320 e. The minimum absolute atomic E-state index is 0.171. The van der Waals surface area contributed by atoms with E-state index in [2.05, 4.69) is 5.32 Å². The van der Waals surface area contributed by atoms with Gasteiger partial charge >= 0.3 is 5.97 Å². The first-order valence-corrected chi connectivity index (χ1v) is 5.93. The minimum Gasteiger partial charge on any atom is -0.508 e. The fourth-order valence-electron chi connectivity index (χ4n) is 1.84. The maximum Gasteiger partial charge on any atom is 0.320 e. The standard InChI is InChI=1S/C13H18FNO3/c1-3-4-11(13(17)18)15-8(2)10-6-5-9(14)7-12(10)16/h5-8,11,15-16H,3-4H2,1-2H3,(H,17,18). The maximum absolute atomic E-state index is 12.8. The van der Waals surface area contributed by atoms with Crippen LogP contribution in [0.15, 0.2) is 18.2 Å². The van der Waals surface area contributed by atoms with Crippen molar-refractivity contribution in [2.45, 2.75) is 38.8 Å². The molecule has 0 aliphatic heterocycles. The molecule has 0 aliphatic rings. The molecule has 0 saturated carbocycles. The van der Waals surface area contributed by atoms with Gasteiger partial charge in [0.1, 0.15) is 17.6 Å². The molecule has 0 spiro atoms. The number of halogens is 1. The number of carboxylic acids is 1. The Hall–Kier alpha value is -1.62. The summed E-state index contributed by atoms with van der Waals surface area (Å²) in [6.45, 7) is 3.64. The van der Waals surface area contributed by atoms with Gasteiger partial charge in [0, 0.05) is 17.7 Å². The molecule has 2 unspecified atom stereocenters. The van der Waals surface area contributed by atoms with Crippen LogP contribution in [0.2, 0.25) is 0 Å². The fourth-order valence-corrected chi connectivity index (χ4v) is 1.84. The van der Waals surface area contributed by atoms with Gasteiger partial charge in [0.2, 0.25) is 0 Å². The summed E-state index contributed by atoms with van der Waals surface area (Å²) in [7, 11) is 0. The van der Waals surface area contributed by atoms with E-state index in [0.717, 1.165) is 12.5 Å². The molecule has 4 nitrogen and oxygen atoms in total. The normalized spacial score (nSPS) is 14.2. The number of phenols is 1. The Morgan fingerprint density at radius 3 is 2.67 bits per heavy atom. The van der Waals surface area contributed by atoms with Crippen LogP contribution in [0.1, 0.15) is 38.3 Å². The highest BCUT2D eigenvalue weighted by atomic mass is 19.1. The summed E-state index contributed by atoms with van der Waals surface area (Å²) >= 11 is 0. The van der Waals surface area contributed by atoms with Crippen molar-refractivity contribution in [2.75, 3.05) is 0 Å². The number of phenolic OH excluding ortho intramolecular Hbond substituents is 1. The van der Waals surface area contributed by atoms with Crippen molar-refractivity contribution >= 4 is 5.97 Å². The third-order valence-corrected chi connectivity index (χ3v) is 2.79. The van der Waals surface area contributed by atoms with Gasteiger partial charge in [0.05, 0.1) is 0 Å². The van der Waals surface area contributed by atoms with E-state index in [-0.39, 0.29) is 11.8 Å². The van der Waals surface area contributed by atoms with Crippen molar-refractivity contribution in [1.82, 2.24) is 5.32 Å². The zero-order valence-corrected chi connectivity index (χ0v) is 10.5. The molecule has 2 atom stereocenters. The Balaban J connectivity index is 2.80. The maximum atomic E-state index is 12.8. The summed E-state index contributed by atoms with van der Waals surface area (Å²) in [5.74, 6) is -1.62. The van der Waals surface area contributed by atoms with Gasteiger partial charge in [-0.25, -0.2) is 4.39 Å². The van der Waals surface area contributed by atoms with E-state index in [4.69, 9.17) is 5.11 Å². The van der Waals surface area contributed by atoms with Gasteiger partial charge in [-0.1, -0.05) is 19.4 Å². The number of aliphatic carboxylic acids is 1. The number of benzene rings is 1. The summed E-state index contributed by atoms with van der Waals surface area (Å²) in [4.78, 5) is 11.0. The van der Waals surface area contributed by atoms with Gasteiger partial charge in [-0.3, -0.25) is 10.1 Å². The van der Waals surface area contributed by atoms with Gasteiger partial charge in [0.25, 0.3) is 0 Å². The molecule has 3 N–H and O–H groups in total. The Bertz CT molecular complexity index is 423. The van der Waals surface area contributed by atoms with Crippen LogP contribution in [0.25, 0.3) is 0 Å². The third-order valence-electron chi connectivity index (χ3n) is 2.79. The summed E-state index contributed by atoms with van der Waals surface area (Å²) in [5, 5.41) is 21.6. The molecule has 0 fully saturated rings. The fraction of sp³-hybridized carbons (Fsp3) is 0.462. The van der Waals surface area contributed by atoms with Gasteiger partial charge in [-0.05, 0) is 19.4 Å². The second kappa shape index (κ2) is 6.35. The van der Waals surface area contributed by atoms with Crippen LogP contribution in [0.5, 0.6) is 5.75 Å². The zero-order chi connectivity index (χ0) is 13.7. The van der Waals surface area contributed by atoms with E-state index in [1.54, 1.807) is 6.92 Å². The number of aromatic hydroxyl groups is 1. The highest BCUT2D eigenvalue weighted by Gasteiger charge is 2.20. The molecular formula is C13H18FNO3. The molecule has 5 heteroatoms. The zero-order valence-electron chi connectivity index (χ0n) is 10.5. The number of carboxylic acid groups (broad SMARTS) is 1. The monoisotopic (exact) mass is 255 g/mol. The average molecular weight is 255 g/mol. The van der Waals surface area contributed by atoms with Crippen LogP contribution in [0.3, 0.4) is 0 Å². The largest absolute Gasteiger partial charge is 0.508 e. The molecule has 100 valence electrons. The number of carbonyl (C=O) groups is 1. The van der Waals surface area contributed by atoms with E-state index < -0.39 is 17.8 Å². The average Bonchev–Trinajstić information content (AvgIpc) is 2.27. The lowest BCUT2D eigenvalue weighted by atomic mass is 10.0. The summed E-state index contributed by atoms with van der Waals surface area (Å²) in [6.07, 6.45) is 1.24. The molecule has 0 heterocycles. The quantitative estimate of drug-likeness (QED) is 0.730. The van der Waals surface area contributed by atoms with E-state index in [9.17, 15) is 14.3 Å². The predicted octanol–water partition coefficient (Wildman–Crippen LogP) is 2.44. The predicted molar refractivity (Wildman–Crippen MR) is 65.9 cm³/mol. The number of rotatable bonds is 6. The van der Waals surface area contributed by atoms with Gasteiger partial charge < -0.3 is 10.2 Å². The van der Waals surface area contributed by atoms with Crippen molar-refractivity contribution < 1.29 is 19.4 Å². The Labute approximate surface area is 105 Å². The Morgan fingerprint density at radius 2 is 2.17 bits per heavy atom. The number of hydrogen-bond donors (Lipinski definition) is 3. The molecule has 1 aromatic rings. The second-order valence-corrected chi connectivity index (χ2v) is 4.27. The molecule has 0 amide bonds. The van der Waals surface area contributed by atoms with Crippen LogP contribution in [0, 0.1) is 5.82 Å². The summed E-state index contributed by atoms with van der Waals surface area (Å²) in [5.41, 5.74) is 0.485. The topological polar surface area (TPSA) is 69.6 Å². The lowest BCUT2D eigenvalue weighted by Crippen LogP contribution is -2.38. The second-order valence-electron chi connectivity index (χ2n) is 4.27. The van der Waals surface area contributed by atoms with Crippen LogP contribution >= 0.6 is 0 Å². The Morgan fingerprint density at radius 1 is 1.50 bits per heavy atom. The van der Waals surface area contributed by atoms with E-state index in [1.807, 2.05) is 6.92 Å². The van der Waals surface area contributed by atoms with E-state index in [0.29, 0.717) is 12.0 Å². The van der Waals surface area contributed by atoms with Crippen molar-refractivity contribution in [3.63, 3.8) is 0 Å². The van der Waals surface area contributed by atoms with Crippen LogP contribution in [0.4, 0.5) is 4.39 Å². The van der Waals surface area contributed by atoms with E-state index in [1.165, 1.54) is 12.1 Å². The van der Waals surface area contributed by atoms with Crippen LogP contribution in [-0.2, 0) is 4.79 Å². The number of nitrogens with one attached hydrogen (secondary N) is 1.